The maximum absolute atomic E-state index is 5.65. The van der Waals surface area contributed by atoms with Crippen LogP contribution in [-0.4, -0.2) is 18.7 Å². The van der Waals surface area contributed by atoms with Crippen molar-refractivity contribution in [3.05, 3.63) is 205 Å². The van der Waals surface area contributed by atoms with E-state index in [9.17, 15) is 0 Å². The maximum atomic E-state index is 5.65. The minimum atomic E-state index is -0.492. The summed E-state index contributed by atoms with van der Waals surface area (Å²) < 4.78 is 7.26. The molecule has 0 amide bonds. The molecule has 0 atom stereocenters. The Morgan fingerprint density at radius 1 is 0.370 bits per heavy atom. The highest BCUT2D eigenvalue weighted by molar-refractivity contribution is 6.29. The van der Waals surface area contributed by atoms with Gasteiger partial charge in [-0.05, 0) is 88.5 Å². The summed E-state index contributed by atoms with van der Waals surface area (Å²) in [4.78, 5) is 5.65. The molecule has 4 heteroatoms. The van der Waals surface area contributed by atoms with Crippen molar-refractivity contribution >= 4 is 54.6 Å². The lowest BCUT2D eigenvalue weighted by molar-refractivity contribution is 0.738. The zero-order chi connectivity index (χ0) is 35.1. The summed E-state index contributed by atoms with van der Waals surface area (Å²) in [5.74, 6) is 1.06. The van der Waals surface area contributed by atoms with E-state index in [1.165, 1.54) is 77.1 Å². The quantitative estimate of drug-likeness (QED) is 0.178. The van der Waals surface area contributed by atoms with Crippen LogP contribution in [0.3, 0.4) is 0 Å². The van der Waals surface area contributed by atoms with Gasteiger partial charge in [0, 0.05) is 32.9 Å². The van der Waals surface area contributed by atoms with Gasteiger partial charge in [0.1, 0.15) is 11.2 Å². The van der Waals surface area contributed by atoms with Crippen LogP contribution in [-0.2, 0) is 5.41 Å². The van der Waals surface area contributed by atoms with Crippen molar-refractivity contribution in [3.63, 3.8) is 0 Å². The number of rotatable bonds is 2. The molecule has 1 aliphatic carbocycles. The molecule has 0 radical (unpaired) electrons. The van der Waals surface area contributed by atoms with Crippen LogP contribution in [0.25, 0.3) is 82.8 Å². The van der Waals surface area contributed by atoms with E-state index in [4.69, 9.17) is 4.98 Å². The number of hydrogen-bond donors (Lipinski definition) is 0. The van der Waals surface area contributed by atoms with Crippen molar-refractivity contribution in [1.82, 2.24) is 18.7 Å². The van der Waals surface area contributed by atoms with Gasteiger partial charge in [-0.15, -0.1) is 0 Å². The van der Waals surface area contributed by atoms with Gasteiger partial charge in [0.15, 0.2) is 0 Å². The Kier molecular flexibility index (Phi) is 5.28. The minimum absolute atomic E-state index is 0.492. The van der Waals surface area contributed by atoms with Gasteiger partial charge in [-0.1, -0.05) is 121 Å². The molecule has 250 valence electrons. The van der Waals surface area contributed by atoms with E-state index >= 15 is 0 Å². The van der Waals surface area contributed by atoms with Gasteiger partial charge in [0.05, 0.1) is 38.8 Å². The van der Waals surface area contributed by atoms with Crippen molar-refractivity contribution < 1.29 is 0 Å². The zero-order valence-corrected chi connectivity index (χ0v) is 29.1. The molecule has 1 aliphatic heterocycles. The number of fused-ring (bicyclic) bond motifs is 19. The number of benzene rings is 8. The smallest absolute Gasteiger partial charge is 0.134 e. The fourth-order valence-corrected chi connectivity index (χ4v) is 10.2. The average molecular weight is 687 g/mol. The molecule has 0 unspecified atom stereocenters. The number of aromatic nitrogens is 4. The van der Waals surface area contributed by atoms with E-state index < -0.39 is 5.41 Å². The van der Waals surface area contributed by atoms with Gasteiger partial charge in [-0.2, -0.15) is 0 Å². The Morgan fingerprint density at radius 2 is 0.889 bits per heavy atom. The number of imidazole rings is 1. The molecule has 3 aromatic heterocycles. The second-order valence-corrected chi connectivity index (χ2v) is 14.7. The highest BCUT2D eigenvalue weighted by atomic mass is 15.1. The summed E-state index contributed by atoms with van der Waals surface area (Å²) in [6.45, 7) is 0. The molecule has 0 fully saturated rings. The van der Waals surface area contributed by atoms with E-state index in [0.717, 1.165) is 28.2 Å². The van der Waals surface area contributed by atoms with Crippen LogP contribution < -0.4 is 0 Å². The van der Waals surface area contributed by atoms with Gasteiger partial charge in [-0.25, -0.2) is 4.98 Å². The van der Waals surface area contributed by atoms with Crippen molar-refractivity contribution in [1.29, 1.82) is 0 Å². The maximum Gasteiger partial charge on any atom is 0.134 e. The third-order valence-corrected chi connectivity index (χ3v) is 12.2. The highest BCUT2D eigenvalue weighted by Crippen LogP contribution is 2.60. The van der Waals surface area contributed by atoms with E-state index in [-0.39, 0.29) is 0 Å². The molecule has 0 N–H and O–H groups in total. The topological polar surface area (TPSA) is 27.7 Å². The van der Waals surface area contributed by atoms with Gasteiger partial charge < -0.3 is 9.13 Å². The predicted octanol–water partition coefficient (Wildman–Crippen LogP) is 11.9. The summed E-state index contributed by atoms with van der Waals surface area (Å²) in [5, 5.41) is 5.05. The summed E-state index contributed by atoms with van der Waals surface area (Å²) in [7, 11) is 0. The Balaban J connectivity index is 1.10. The molecule has 2 aliphatic rings. The first-order chi connectivity index (χ1) is 26.8. The van der Waals surface area contributed by atoms with Crippen molar-refractivity contribution in [3.8, 4) is 28.2 Å². The summed E-state index contributed by atoms with van der Waals surface area (Å²) in [5.41, 5.74) is 16.3. The van der Waals surface area contributed by atoms with Crippen LogP contribution in [0.5, 0.6) is 0 Å². The van der Waals surface area contributed by atoms with Crippen LogP contribution in [0.4, 0.5) is 0 Å². The largest absolute Gasteiger partial charge is 0.309 e. The van der Waals surface area contributed by atoms with Gasteiger partial charge in [0.25, 0.3) is 0 Å². The van der Waals surface area contributed by atoms with E-state index in [1.807, 2.05) is 0 Å². The Morgan fingerprint density at radius 3 is 1.56 bits per heavy atom. The van der Waals surface area contributed by atoms with Gasteiger partial charge in [-0.3, -0.25) is 4.57 Å². The lowest BCUT2D eigenvalue weighted by atomic mass is 9.73. The third-order valence-electron chi connectivity index (χ3n) is 12.2. The molecule has 4 heterocycles. The first-order valence-corrected chi connectivity index (χ1v) is 18.7. The van der Waals surface area contributed by atoms with Crippen molar-refractivity contribution in [2.75, 3.05) is 0 Å². The molecule has 0 saturated heterocycles. The molecule has 1 spiro atoms. The first kappa shape index (κ1) is 28.4. The highest BCUT2D eigenvalue weighted by Gasteiger charge is 2.54. The molecule has 13 rings (SSSR count). The Bertz CT molecular complexity index is 3350. The van der Waals surface area contributed by atoms with Crippen molar-refractivity contribution in [2.24, 2.45) is 0 Å². The van der Waals surface area contributed by atoms with E-state index in [1.54, 1.807) is 0 Å². The van der Waals surface area contributed by atoms with Crippen LogP contribution in [0, 0.1) is 0 Å². The van der Waals surface area contributed by atoms with Gasteiger partial charge >= 0.3 is 0 Å². The van der Waals surface area contributed by atoms with Crippen molar-refractivity contribution in [2.45, 2.75) is 5.41 Å². The van der Waals surface area contributed by atoms with Crippen LogP contribution in [0.1, 0.15) is 22.5 Å². The molecule has 8 aromatic carbocycles. The Labute approximate surface area is 310 Å². The Hall–Kier alpha value is -7.17. The normalized spacial score (nSPS) is 13.7. The predicted molar refractivity (Wildman–Crippen MR) is 221 cm³/mol. The number of hydrogen-bond acceptors (Lipinski definition) is 1. The van der Waals surface area contributed by atoms with Gasteiger partial charge in [0.2, 0.25) is 0 Å². The fraction of sp³-hybridized carbons (Fsp3) is 0.0200. The molecule has 11 aromatic rings. The minimum Gasteiger partial charge on any atom is -0.309 e. The van der Waals surface area contributed by atoms with E-state index in [0.29, 0.717) is 0 Å². The molecule has 0 bridgehead atoms. The molecular weight excluding hydrogens is 657 g/mol. The van der Waals surface area contributed by atoms with Crippen LogP contribution in [0.2, 0.25) is 0 Å². The lowest BCUT2D eigenvalue weighted by Gasteiger charge is -2.27. The zero-order valence-electron chi connectivity index (χ0n) is 29.1. The van der Waals surface area contributed by atoms with Crippen LogP contribution in [0.15, 0.2) is 182 Å². The third kappa shape index (κ3) is 3.29. The lowest BCUT2D eigenvalue weighted by Crippen LogP contribution is -2.27. The molecule has 0 saturated carbocycles. The second kappa shape index (κ2) is 10.0. The van der Waals surface area contributed by atoms with Crippen LogP contribution >= 0.6 is 0 Å². The second-order valence-electron chi connectivity index (χ2n) is 14.7. The standard InChI is InChI=1S/C50H30N4/c1-2-14-31(15-3-1)52-41-23-11-6-18-35(41)47-45(52)28-29-46-48(47)36-19-7-12-24-42(36)53(46)32-26-27-44-40(30-32)51-49-50(39-22-10-13-25-43(39)54(44)49)37-20-8-4-16-33(37)34-17-5-9-21-38(34)50/h1-30H. The summed E-state index contributed by atoms with van der Waals surface area (Å²) >= 11 is 0. The summed E-state index contributed by atoms with van der Waals surface area (Å²) in [6, 6.07) is 66.6. The summed E-state index contributed by atoms with van der Waals surface area (Å²) in [6.07, 6.45) is 0. The molecule has 4 nitrogen and oxygen atoms in total. The molecular formula is C50H30N4. The fourth-order valence-electron chi connectivity index (χ4n) is 10.2. The molecule has 54 heavy (non-hydrogen) atoms. The first-order valence-electron chi connectivity index (χ1n) is 18.7. The average Bonchev–Trinajstić information content (AvgIpc) is 4.01. The number of nitrogens with zero attached hydrogens (tertiary/aromatic N) is 4. The van der Waals surface area contributed by atoms with E-state index in [2.05, 4.69) is 196 Å². The monoisotopic (exact) mass is 686 g/mol. The number of para-hydroxylation sites is 4. The SMILES string of the molecule is c1ccc(-n2c3ccccc3c3c4c5ccccc5n(-c5ccc6c(c5)nc5n6-c6ccccc6C56c5ccccc5-c5ccccc56)c4ccc32)cc1.